The van der Waals surface area contributed by atoms with E-state index in [4.69, 9.17) is 14.2 Å². The first-order valence-electron chi connectivity index (χ1n) is 8.35. The van der Waals surface area contributed by atoms with Gasteiger partial charge in [-0.25, -0.2) is 4.79 Å². The summed E-state index contributed by atoms with van der Waals surface area (Å²) in [5.41, 5.74) is 0.904. The Morgan fingerprint density at radius 2 is 2.04 bits per heavy atom. The van der Waals surface area contributed by atoms with Gasteiger partial charge in [-0.1, -0.05) is 12.1 Å². The van der Waals surface area contributed by atoms with Crippen molar-refractivity contribution < 1.29 is 23.9 Å². The highest BCUT2D eigenvalue weighted by Crippen LogP contribution is 2.35. The van der Waals surface area contributed by atoms with E-state index in [0.29, 0.717) is 22.4 Å². The molecule has 0 N–H and O–H groups in total. The topological polar surface area (TPSA) is 101 Å². The number of nitro groups is 1. The van der Waals surface area contributed by atoms with Crippen LogP contribution in [0.4, 0.5) is 5.69 Å². The molecule has 0 saturated carbocycles. The molecule has 0 bridgehead atoms. The molecule has 4 rings (SSSR count). The highest BCUT2D eigenvalue weighted by molar-refractivity contribution is 5.98. The second kappa shape index (κ2) is 6.99. The molecule has 0 fully saturated rings. The van der Waals surface area contributed by atoms with Crippen LogP contribution in [-0.2, 0) is 4.79 Å². The van der Waals surface area contributed by atoms with Crippen molar-refractivity contribution >= 4 is 28.6 Å². The van der Waals surface area contributed by atoms with Gasteiger partial charge in [0.25, 0.3) is 0 Å². The predicted molar refractivity (Wildman–Crippen MR) is 100 cm³/mol. The second-order valence-corrected chi connectivity index (χ2v) is 6.08. The third-order valence-electron chi connectivity index (χ3n) is 4.20. The van der Waals surface area contributed by atoms with Gasteiger partial charge in [0, 0.05) is 23.2 Å². The number of carbonyl (C=O) groups excluding carboxylic acids is 1. The van der Waals surface area contributed by atoms with Crippen LogP contribution in [0.1, 0.15) is 12.5 Å². The van der Waals surface area contributed by atoms with E-state index in [1.165, 1.54) is 12.3 Å². The Balaban J connectivity index is 1.66. The number of nitro benzene ring substituents is 1. The summed E-state index contributed by atoms with van der Waals surface area (Å²) in [7, 11) is 0. The number of esters is 1. The summed E-state index contributed by atoms with van der Waals surface area (Å²) in [4.78, 5) is 27.5. The lowest BCUT2D eigenvalue weighted by atomic mass is 10.1. The molecule has 140 valence electrons. The average Bonchev–Trinajstić information content (AvgIpc) is 3.15. The molecule has 2 heterocycles. The van der Waals surface area contributed by atoms with Gasteiger partial charge in [0.05, 0.1) is 4.92 Å². The van der Waals surface area contributed by atoms with Gasteiger partial charge in [0.2, 0.25) is 12.5 Å². The second-order valence-electron chi connectivity index (χ2n) is 6.08. The lowest BCUT2D eigenvalue weighted by Crippen LogP contribution is -2.11. The van der Waals surface area contributed by atoms with Crippen molar-refractivity contribution in [1.82, 2.24) is 4.98 Å². The number of aromatic nitrogens is 1. The Hall–Kier alpha value is -3.94. The molecule has 8 heteroatoms. The summed E-state index contributed by atoms with van der Waals surface area (Å²) in [6.07, 6.45) is 3.09. The number of carbonyl (C=O) groups is 1. The highest BCUT2D eigenvalue weighted by atomic mass is 16.7. The molecule has 0 unspecified atom stereocenters. The van der Waals surface area contributed by atoms with E-state index in [1.807, 2.05) is 0 Å². The Labute approximate surface area is 159 Å². The molecule has 0 spiro atoms. The van der Waals surface area contributed by atoms with Gasteiger partial charge >= 0.3 is 11.7 Å². The fraction of sp³-hybridized carbons (Fsp3) is 0.100. The van der Waals surface area contributed by atoms with E-state index < -0.39 is 10.9 Å². The van der Waals surface area contributed by atoms with Gasteiger partial charge in [-0.05, 0) is 42.8 Å². The Morgan fingerprint density at radius 3 is 2.86 bits per heavy atom. The molecule has 1 aliphatic rings. The minimum absolute atomic E-state index is 0.154. The first kappa shape index (κ1) is 17.5. The van der Waals surface area contributed by atoms with Crippen molar-refractivity contribution in [1.29, 1.82) is 0 Å². The third-order valence-corrected chi connectivity index (χ3v) is 4.20. The van der Waals surface area contributed by atoms with Crippen molar-refractivity contribution in [3.05, 3.63) is 69.9 Å². The molecule has 0 saturated heterocycles. The van der Waals surface area contributed by atoms with Gasteiger partial charge in [0.1, 0.15) is 5.52 Å². The summed E-state index contributed by atoms with van der Waals surface area (Å²) in [6.45, 7) is 1.72. The third kappa shape index (κ3) is 3.23. The molecule has 0 aliphatic carbocycles. The molecule has 0 amide bonds. The number of hydrogen-bond donors (Lipinski definition) is 0. The van der Waals surface area contributed by atoms with Crippen molar-refractivity contribution in [2.45, 2.75) is 6.92 Å². The summed E-state index contributed by atoms with van der Waals surface area (Å²) in [6, 6.07) is 11.5. The minimum Gasteiger partial charge on any atom is -0.454 e. The van der Waals surface area contributed by atoms with Crippen molar-refractivity contribution in [2.24, 2.45) is 0 Å². The number of fused-ring (bicyclic) bond motifs is 2. The summed E-state index contributed by atoms with van der Waals surface area (Å²) >= 11 is 0. The van der Waals surface area contributed by atoms with E-state index >= 15 is 0 Å². The number of pyridine rings is 1. The lowest BCUT2D eigenvalue weighted by Gasteiger charge is -2.08. The fourth-order valence-corrected chi connectivity index (χ4v) is 2.84. The van der Waals surface area contributed by atoms with Crippen molar-refractivity contribution in [3.8, 4) is 17.2 Å². The number of nitrogens with zero attached hydrogens (tertiary/aromatic N) is 2. The first-order valence-corrected chi connectivity index (χ1v) is 8.35. The zero-order valence-electron chi connectivity index (χ0n) is 14.7. The van der Waals surface area contributed by atoms with Gasteiger partial charge in [-0.15, -0.1) is 0 Å². The predicted octanol–water partition coefficient (Wildman–Crippen LogP) is 3.88. The fourth-order valence-electron chi connectivity index (χ4n) is 2.84. The standard InChI is InChI=1S/C20H14N2O6/c1-12(9-13-4-7-16-17(10-13)27-11-26-16)20(23)28-19-15(22(24)25)6-5-14-3-2-8-21-18(14)19/h2-10H,11H2,1H3/b12-9+. The van der Waals surface area contributed by atoms with Crippen molar-refractivity contribution in [3.63, 3.8) is 0 Å². The van der Waals surface area contributed by atoms with Crippen LogP contribution in [0.25, 0.3) is 17.0 Å². The van der Waals surface area contributed by atoms with E-state index in [1.54, 1.807) is 49.4 Å². The molecular weight excluding hydrogens is 364 g/mol. The van der Waals surface area contributed by atoms with Crippen LogP contribution in [0.5, 0.6) is 17.2 Å². The largest absolute Gasteiger partial charge is 0.454 e. The Kier molecular flexibility index (Phi) is 4.36. The molecule has 0 radical (unpaired) electrons. The summed E-state index contributed by atoms with van der Waals surface area (Å²) < 4.78 is 16.0. The zero-order chi connectivity index (χ0) is 19.7. The number of rotatable bonds is 4. The van der Waals surface area contributed by atoms with E-state index in [-0.39, 0.29) is 29.3 Å². The van der Waals surface area contributed by atoms with E-state index in [2.05, 4.69) is 4.98 Å². The minimum atomic E-state index is -0.709. The highest BCUT2D eigenvalue weighted by Gasteiger charge is 2.23. The van der Waals surface area contributed by atoms with Crippen LogP contribution < -0.4 is 14.2 Å². The maximum absolute atomic E-state index is 12.6. The molecule has 1 aromatic heterocycles. The monoisotopic (exact) mass is 378 g/mol. The number of benzene rings is 2. The van der Waals surface area contributed by atoms with E-state index in [0.717, 1.165) is 0 Å². The van der Waals surface area contributed by atoms with Crippen LogP contribution in [-0.4, -0.2) is 22.7 Å². The maximum Gasteiger partial charge on any atom is 0.339 e. The van der Waals surface area contributed by atoms with E-state index in [9.17, 15) is 14.9 Å². The number of ether oxygens (including phenoxy) is 3. The lowest BCUT2D eigenvalue weighted by molar-refractivity contribution is -0.385. The summed E-state index contributed by atoms with van der Waals surface area (Å²) in [5, 5.41) is 12.0. The quantitative estimate of drug-likeness (QED) is 0.223. The SMILES string of the molecule is C/C(=C\c1ccc2c(c1)OCO2)C(=O)Oc1c([N+](=O)[O-])ccc2cccnc12. The van der Waals surface area contributed by atoms with Gasteiger partial charge in [-0.3, -0.25) is 15.1 Å². The first-order chi connectivity index (χ1) is 13.5. The maximum atomic E-state index is 12.6. The zero-order valence-corrected chi connectivity index (χ0v) is 14.7. The van der Waals surface area contributed by atoms with Gasteiger partial charge < -0.3 is 14.2 Å². The smallest absolute Gasteiger partial charge is 0.339 e. The van der Waals surface area contributed by atoms with Gasteiger partial charge in [0.15, 0.2) is 11.5 Å². The molecule has 0 atom stereocenters. The van der Waals surface area contributed by atoms with Crippen LogP contribution in [0.15, 0.2) is 54.2 Å². The van der Waals surface area contributed by atoms with Crippen LogP contribution in [0.3, 0.4) is 0 Å². The molecule has 1 aliphatic heterocycles. The van der Waals surface area contributed by atoms with Crippen LogP contribution in [0, 0.1) is 10.1 Å². The molecule has 2 aromatic carbocycles. The molecule has 3 aromatic rings. The molecule has 28 heavy (non-hydrogen) atoms. The Morgan fingerprint density at radius 1 is 1.21 bits per heavy atom. The van der Waals surface area contributed by atoms with Gasteiger partial charge in [-0.2, -0.15) is 0 Å². The molecule has 8 nitrogen and oxygen atoms in total. The van der Waals surface area contributed by atoms with Crippen molar-refractivity contribution in [2.75, 3.05) is 6.79 Å². The summed E-state index contributed by atoms with van der Waals surface area (Å²) in [5.74, 6) is 0.337. The Bertz CT molecular complexity index is 1140. The average molecular weight is 378 g/mol. The normalized spacial score (nSPS) is 12.8. The van der Waals surface area contributed by atoms with Crippen LogP contribution >= 0.6 is 0 Å². The number of hydrogen-bond acceptors (Lipinski definition) is 7. The van der Waals surface area contributed by atoms with Crippen LogP contribution in [0.2, 0.25) is 0 Å². The molecular formula is C20H14N2O6.